The van der Waals surface area contributed by atoms with Crippen molar-refractivity contribution in [2.24, 2.45) is 0 Å². The lowest BCUT2D eigenvalue weighted by Gasteiger charge is -2.06. The van der Waals surface area contributed by atoms with Gasteiger partial charge in [0.15, 0.2) is 5.65 Å². The molecule has 1 N–H and O–H groups in total. The van der Waals surface area contributed by atoms with Gasteiger partial charge in [-0.05, 0) is 36.4 Å². The van der Waals surface area contributed by atoms with Crippen LogP contribution in [-0.4, -0.2) is 31.5 Å². The van der Waals surface area contributed by atoms with E-state index in [9.17, 15) is 9.18 Å². The van der Waals surface area contributed by atoms with Crippen LogP contribution >= 0.6 is 23.4 Å². The number of fused-ring (bicyclic) bond motifs is 1. The molecule has 0 aliphatic rings. The van der Waals surface area contributed by atoms with E-state index in [0.717, 1.165) is 11.3 Å². The lowest BCUT2D eigenvalue weighted by atomic mass is 10.1. The highest BCUT2D eigenvalue weighted by Crippen LogP contribution is 2.22. The molecule has 2 heterocycles. The number of rotatable bonds is 5. The molecule has 0 unspecified atom stereocenters. The maximum Gasteiger partial charge on any atom is 0.234 e. The van der Waals surface area contributed by atoms with E-state index in [1.807, 2.05) is 18.2 Å². The average molecular weight is 414 g/mol. The van der Waals surface area contributed by atoms with Crippen LogP contribution in [0.2, 0.25) is 5.02 Å². The summed E-state index contributed by atoms with van der Waals surface area (Å²) in [7, 11) is 0. The maximum atomic E-state index is 13.6. The predicted octanol–water partition coefficient (Wildman–Crippen LogP) is 4.31. The fraction of sp³-hybridized carbons (Fsp3) is 0.0526. The van der Waals surface area contributed by atoms with Gasteiger partial charge in [-0.25, -0.2) is 4.39 Å². The van der Waals surface area contributed by atoms with Crippen molar-refractivity contribution in [1.82, 2.24) is 19.8 Å². The molecule has 0 saturated heterocycles. The summed E-state index contributed by atoms with van der Waals surface area (Å²) in [6.07, 6.45) is 0. The van der Waals surface area contributed by atoms with Gasteiger partial charge in [-0.2, -0.15) is 9.61 Å². The topological polar surface area (TPSA) is 72.2 Å². The number of carbonyl (C=O) groups excluding carboxylic acids is 1. The number of aromatic nitrogens is 4. The molecule has 140 valence electrons. The number of amides is 1. The largest absolute Gasteiger partial charge is 0.323 e. The van der Waals surface area contributed by atoms with Gasteiger partial charge in [-0.15, -0.1) is 10.2 Å². The Labute approximate surface area is 168 Å². The molecule has 4 aromatic rings. The van der Waals surface area contributed by atoms with Crippen molar-refractivity contribution in [1.29, 1.82) is 0 Å². The third-order valence-corrected chi connectivity index (χ3v) is 5.03. The highest BCUT2D eigenvalue weighted by molar-refractivity contribution is 7.99. The number of carbonyl (C=O) groups is 1. The second-order valence-corrected chi connectivity index (χ2v) is 7.17. The molecule has 0 aliphatic carbocycles. The first kappa shape index (κ1) is 18.4. The van der Waals surface area contributed by atoms with E-state index in [0.29, 0.717) is 15.8 Å². The summed E-state index contributed by atoms with van der Waals surface area (Å²) in [4.78, 5) is 12.1. The van der Waals surface area contributed by atoms with Crippen molar-refractivity contribution in [3.8, 4) is 11.3 Å². The molecule has 0 fully saturated rings. The Bertz CT molecular complexity index is 1150. The first-order valence-electron chi connectivity index (χ1n) is 8.26. The number of halogens is 2. The Kier molecular flexibility index (Phi) is 5.23. The summed E-state index contributed by atoms with van der Waals surface area (Å²) < 4.78 is 15.2. The lowest BCUT2D eigenvalue weighted by Crippen LogP contribution is -2.15. The van der Waals surface area contributed by atoms with Crippen LogP contribution in [-0.2, 0) is 4.79 Å². The number of anilines is 1. The Morgan fingerprint density at radius 2 is 1.86 bits per heavy atom. The number of nitrogens with zero attached hydrogens (tertiary/aromatic N) is 4. The molecule has 0 bridgehead atoms. The number of hydrogen-bond donors (Lipinski definition) is 1. The zero-order valence-corrected chi connectivity index (χ0v) is 15.9. The summed E-state index contributed by atoms with van der Waals surface area (Å²) >= 11 is 7.10. The third-order valence-electron chi connectivity index (χ3n) is 3.85. The molecule has 0 radical (unpaired) electrons. The molecule has 2 aromatic heterocycles. The van der Waals surface area contributed by atoms with Gasteiger partial charge in [0.2, 0.25) is 11.1 Å². The van der Waals surface area contributed by atoms with Gasteiger partial charge in [0.1, 0.15) is 5.82 Å². The van der Waals surface area contributed by atoms with E-state index < -0.39 is 5.82 Å². The normalized spacial score (nSPS) is 10.9. The molecule has 2 aromatic carbocycles. The van der Waals surface area contributed by atoms with Crippen LogP contribution in [0, 0.1) is 5.82 Å². The molecule has 9 heteroatoms. The molecule has 0 atom stereocenters. The molecule has 0 saturated carbocycles. The minimum atomic E-state index is -0.483. The van der Waals surface area contributed by atoms with Gasteiger partial charge in [-0.1, -0.05) is 47.6 Å². The van der Waals surface area contributed by atoms with E-state index >= 15 is 0 Å². The monoisotopic (exact) mass is 413 g/mol. The number of hydrogen-bond acceptors (Lipinski definition) is 5. The molecular formula is C19H13ClFN5OS. The van der Waals surface area contributed by atoms with Crippen LogP contribution < -0.4 is 5.32 Å². The van der Waals surface area contributed by atoms with Gasteiger partial charge >= 0.3 is 0 Å². The molecule has 1 amide bonds. The van der Waals surface area contributed by atoms with Crippen LogP contribution in [0.3, 0.4) is 0 Å². The number of nitrogens with one attached hydrogen (secondary N) is 1. The Balaban J connectivity index is 1.51. The van der Waals surface area contributed by atoms with Crippen molar-refractivity contribution in [2.75, 3.05) is 11.1 Å². The molecule has 0 aliphatic heterocycles. The Hall–Kier alpha value is -2.97. The van der Waals surface area contributed by atoms with E-state index in [-0.39, 0.29) is 17.3 Å². The van der Waals surface area contributed by atoms with Gasteiger partial charge in [0, 0.05) is 10.6 Å². The fourth-order valence-electron chi connectivity index (χ4n) is 2.51. The summed E-state index contributed by atoms with van der Waals surface area (Å²) in [5, 5.41) is 16.3. The molecule has 6 nitrogen and oxygen atoms in total. The summed E-state index contributed by atoms with van der Waals surface area (Å²) in [5.41, 5.74) is 2.33. The predicted molar refractivity (Wildman–Crippen MR) is 107 cm³/mol. The smallest absolute Gasteiger partial charge is 0.234 e. The van der Waals surface area contributed by atoms with Crippen molar-refractivity contribution in [2.45, 2.75) is 5.16 Å². The number of thioether (sulfide) groups is 1. The zero-order chi connectivity index (χ0) is 19.5. The Morgan fingerprint density at radius 1 is 1.07 bits per heavy atom. The standard InChI is InChI=1S/C19H13ClFN5OS/c20-13-7-5-12(6-8-13)15-9-10-17-23-24-19(26(17)25-15)28-11-18(27)22-16-4-2-1-3-14(16)21/h1-10H,11H2,(H,22,27). The van der Waals surface area contributed by atoms with Crippen LogP contribution in [0.15, 0.2) is 65.8 Å². The number of benzene rings is 2. The van der Waals surface area contributed by atoms with E-state index in [1.54, 1.807) is 34.8 Å². The van der Waals surface area contributed by atoms with Crippen LogP contribution in [0.25, 0.3) is 16.9 Å². The SMILES string of the molecule is O=C(CSc1nnc2ccc(-c3ccc(Cl)cc3)nn12)Nc1ccccc1F. The van der Waals surface area contributed by atoms with Crippen molar-refractivity contribution < 1.29 is 9.18 Å². The summed E-state index contributed by atoms with van der Waals surface area (Å²) in [6, 6.07) is 17.0. The highest BCUT2D eigenvalue weighted by Gasteiger charge is 2.13. The lowest BCUT2D eigenvalue weighted by molar-refractivity contribution is -0.113. The molecule has 4 rings (SSSR count). The maximum absolute atomic E-state index is 13.6. The van der Waals surface area contributed by atoms with Crippen molar-refractivity contribution in [3.05, 3.63) is 71.5 Å². The van der Waals surface area contributed by atoms with E-state index in [4.69, 9.17) is 11.6 Å². The minimum Gasteiger partial charge on any atom is -0.323 e. The quantitative estimate of drug-likeness (QED) is 0.493. The first-order valence-corrected chi connectivity index (χ1v) is 9.62. The minimum absolute atomic E-state index is 0.0436. The third kappa shape index (κ3) is 3.97. The van der Waals surface area contributed by atoms with Gasteiger partial charge in [0.25, 0.3) is 0 Å². The fourth-order valence-corrected chi connectivity index (χ4v) is 3.33. The average Bonchev–Trinajstić information content (AvgIpc) is 3.11. The summed E-state index contributed by atoms with van der Waals surface area (Å²) in [6.45, 7) is 0. The number of para-hydroxylation sites is 1. The van der Waals surface area contributed by atoms with Gasteiger partial charge in [-0.3, -0.25) is 4.79 Å². The van der Waals surface area contributed by atoms with Gasteiger partial charge in [0.05, 0.1) is 17.1 Å². The van der Waals surface area contributed by atoms with Crippen LogP contribution in [0.5, 0.6) is 0 Å². The summed E-state index contributed by atoms with van der Waals surface area (Å²) in [5.74, 6) is -0.786. The van der Waals surface area contributed by atoms with E-state index in [1.165, 1.54) is 23.9 Å². The Morgan fingerprint density at radius 3 is 2.64 bits per heavy atom. The first-order chi connectivity index (χ1) is 13.6. The van der Waals surface area contributed by atoms with Gasteiger partial charge < -0.3 is 5.32 Å². The molecule has 28 heavy (non-hydrogen) atoms. The van der Waals surface area contributed by atoms with Crippen molar-refractivity contribution >= 4 is 40.6 Å². The zero-order valence-electron chi connectivity index (χ0n) is 14.3. The second-order valence-electron chi connectivity index (χ2n) is 5.79. The van der Waals surface area contributed by atoms with Crippen molar-refractivity contribution in [3.63, 3.8) is 0 Å². The van der Waals surface area contributed by atoms with Crippen LogP contribution in [0.4, 0.5) is 10.1 Å². The molecule has 0 spiro atoms. The van der Waals surface area contributed by atoms with E-state index in [2.05, 4.69) is 20.6 Å². The highest BCUT2D eigenvalue weighted by atomic mass is 35.5. The van der Waals surface area contributed by atoms with Crippen LogP contribution in [0.1, 0.15) is 0 Å². The molecular weight excluding hydrogens is 401 g/mol. The second kappa shape index (κ2) is 7.95.